The first kappa shape index (κ1) is 10.5. The van der Waals surface area contributed by atoms with E-state index in [-0.39, 0.29) is 0 Å². The number of hydrogen-bond acceptors (Lipinski definition) is 0. The van der Waals surface area contributed by atoms with Crippen molar-refractivity contribution >= 4 is 55.1 Å². The van der Waals surface area contributed by atoms with Gasteiger partial charge in [-0.1, -0.05) is 39.1 Å². The third-order valence-electron chi connectivity index (χ3n) is 0.844. The van der Waals surface area contributed by atoms with Crippen molar-refractivity contribution in [1.29, 1.82) is 0 Å². The van der Waals surface area contributed by atoms with Crippen molar-refractivity contribution in [2.45, 2.75) is 22.5 Å². The molecule has 9 heavy (non-hydrogen) atoms. The van der Waals surface area contributed by atoms with Crippen molar-refractivity contribution in [3.8, 4) is 0 Å². The van der Waals surface area contributed by atoms with Gasteiger partial charge in [0.15, 0.2) is 3.24 Å². The van der Waals surface area contributed by atoms with Gasteiger partial charge in [0.1, 0.15) is 0 Å². The summed E-state index contributed by atoms with van der Waals surface area (Å²) in [5.41, 5.74) is 0. The average molecular weight is 299 g/mol. The lowest BCUT2D eigenvalue weighted by atomic mass is 10.3. The molecule has 0 bridgehead atoms. The Kier molecular flexibility index (Phi) is 6.12. The summed E-state index contributed by atoms with van der Waals surface area (Å²) in [6.07, 6.45) is 2.96. The van der Waals surface area contributed by atoms with Gasteiger partial charge in [-0.3, -0.25) is 0 Å². The van der Waals surface area contributed by atoms with Gasteiger partial charge in [-0.05, 0) is 35.2 Å². The second kappa shape index (κ2) is 5.22. The molecule has 56 valence electrons. The van der Waals surface area contributed by atoms with Gasteiger partial charge in [0.2, 0.25) is 0 Å². The fourth-order valence-corrected chi connectivity index (χ4v) is 1.36. The van der Waals surface area contributed by atoms with E-state index in [0.717, 1.165) is 24.6 Å². The predicted octanol–water partition coefficient (Wildman–Crippen LogP) is 4.08. The van der Waals surface area contributed by atoms with Crippen molar-refractivity contribution < 1.29 is 0 Å². The molecule has 0 saturated carbocycles. The Morgan fingerprint density at radius 3 is 2.11 bits per heavy atom. The summed E-state index contributed by atoms with van der Waals surface area (Å²) in [4.78, 5) is 0. The summed E-state index contributed by atoms with van der Waals surface area (Å²) in [6, 6.07) is 0. The minimum Gasteiger partial charge on any atom is -0.0928 e. The fraction of sp³-hybridized carbons (Fsp3) is 1.00. The largest absolute Gasteiger partial charge is 0.172 e. The van der Waals surface area contributed by atoms with Crippen LogP contribution in [0.25, 0.3) is 0 Å². The van der Waals surface area contributed by atoms with Crippen molar-refractivity contribution in [2.24, 2.45) is 0 Å². The molecule has 0 unspecified atom stereocenters. The highest BCUT2D eigenvalue weighted by molar-refractivity contribution is 9.11. The number of halogens is 4. The van der Waals surface area contributed by atoms with Crippen LogP contribution in [-0.4, -0.2) is 8.57 Å². The predicted molar refractivity (Wildman–Crippen MR) is 51.0 cm³/mol. The Morgan fingerprint density at radius 2 is 1.78 bits per heavy atom. The minimum atomic E-state index is -0.713. The molecule has 0 aromatic heterocycles. The summed E-state index contributed by atoms with van der Waals surface area (Å²) in [6.45, 7) is 0. The second-order valence-corrected chi connectivity index (χ2v) is 6.31. The molecule has 0 aliphatic rings. The average Bonchev–Trinajstić information content (AvgIpc) is 1.63. The van der Waals surface area contributed by atoms with Gasteiger partial charge in [-0.2, -0.15) is 0 Å². The van der Waals surface area contributed by atoms with E-state index in [0.29, 0.717) is 0 Å². The quantitative estimate of drug-likeness (QED) is 0.542. The van der Waals surface area contributed by atoms with Crippen LogP contribution in [0, 0.1) is 0 Å². The molecule has 0 amide bonds. The van der Waals surface area contributed by atoms with E-state index in [1.165, 1.54) is 0 Å². The molecule has 0 saturated heterocycles. The van der Waals surface area contributed by atoms with Gasteiger partial charge in [-0.15, -0.1) is 0 Å². The van der Waals surface area contributed by atoms with Crippen LogP contribution in [0.1, 0.15) is 19.3 Å². The smallest absolute Gasteiger partial charge is 0.0928 e. The molecule has 0 aliphatic heterocycles. The van der Waals surface area contributed by atoms with E-state index >= 15 is 0 Å². The van der Waals surface area contributed by atoms with Crippen molar-refractivity contribution in [2.75, 3.05) is 5.33 Å². The Hall–Kier alpha value is 1.54. The molecule has 0 atom stereocenters. The molecule has 0 rings (SSSR count). The maximum Gasteiger partial charge on any atom is 0.172 e. The van der Waals surface area contributed by atoms with E-state index in [1.54, 1.807) is 0 Å². The van der Waals surface area contributed by atoms with Crippen LogP contribution in [-0.2, 0) is 0 Å². The number of alkyl halides is 4. The van der Waals surface area contributed by atoms with Crippen molar-refractivity contribution in [1.82, 2.24) is 0 Å². The number of unbranched alkanes of at least 4 members (excludes halogenated alkanes) is 1. The Bertz CT molecular complexity index is 69.8. The molecule has 4 heteroatoms. The van der Waals surface area contributed by atoms with Crippen LogP contribution >= 0.6 is 55.1 Å². The maximum atomic E-state index is 5.64. The topological polar surface area (TPSA) is 0 Å². The Balaban J connectivity index is 3.07. The van der Waals surface area contributed by atoms with Crippen LogP contribution in [0.15, 0.2) is 0 Å². The highest BCUT2D eigenvalue weighted by atomic mass is 79.9. The molecular weight excluding hydrogens is 291 g/mol. The highest BCUT2D eigenvalue weighted by Crippen LogP contribution is 2.33. The summed E-state index contributed by atoms with van der Waals surface area (Å²) in [7, 11) is 0. The third kappa shape index (κ3) is 9.54. The maximum absolute atomic E-state index is 5.64. The summed E-state index contributed by atoms with van der Waals surface area (Å²) < 4.78 is -0.713. The van der Waals surface area contributed by atoms with E-state index in [9.17, 15) is 0 Å². The summed E-state index contributed by atoms with van der Waals surface area (Å²) >= 11 is 17.7. The standard InChI is InChI=1S/C5H8Br2Cl2/c6-4-2-1-3-5(7,8)9/h1-4H2. The van der Waals surface area contributed by atoms with Gasteiger partial charge in [-0.25, -0.2) is 0 Å². The van der Waals surface area contributed by atoms with Crippen molar-refractivity contribution in [3.63, 3.8) is 0 Å². The van der Waals surface area contributed by atoms with Crippen LogP contribution < -0.4 is 0 Å². The monoisotopic (exact) mass is 296 g/mol. The first-order valence-corrected chi connectivity index (χ1v) is 5.36. The molecule has 0 fully saturated rings. The SMILES string of the molecule is ClC(Cl)(Br)CCCCBr. The van der Waals surface area contributed by atoms with E-state index < -0.39 is 3.24 Å². The van der Waals surface area contributed by atoms with Crippen molar-refractivity contribution in [3.05, 3.63) is 0 Å². The zero-order chi connectivity index (χ0) is 7.33. The molecule has 0 aliphatic carbocycles. The lowest BCUT2D eigenvalue weighted by molar-refractivity contribution is 0.751. The van der Waals surface area contributed by atoms with E-state index in [4.69, 9.17) is 23.2 Å². The van der Waals surface area contributed by atoms with Gasteiger partial charge in [0.25, 0.3) is 0 Å². The van der Waals surface area contributed by atoms with Crippen LogP contribution in [0.5, 0.6) is 0 Å². The zero-order valence-corrected chi connectivity index (χ0v) is 9.52. The molecule has 0 heterocycles. The molecule has 0 N–H and O–H groups in total. The van der Waals surface area contributed by atoms with E-state index in [1.807, 2.05) is 0 Å². The number of rotatable bonds is 4. The molecule has 0 radical (unpaired) electrons. The summed E-state index contributed by atoms with van der Waals surface area (Å²) in [5, 5.41) is 1.02. The van der Waals surface area contributed by atoms with Gasteiger partial charge in [0, 0.05) is 5.33 Å². The second-order valence-electron chi connectivity index (χ2n) is 1.76. The molecular formula is C5H8Br2Cl2. The first-order valence-electron chi connectivity index (χ1n) is 2.69. The van der Waals surface area contributed by atoms with Crippen LogP contribution in [0.2, 0.25) is 0 Å². The lowest BCUT2D eigenvalue weighted by Gasteiger charge is -2.08. The van der Waals surface area contributed by atoms with Gasteiger partial charge >= 0.3 is 0 Å². The lowest BCUT2D eigenvalue weighted by Crippen LogP contribution is -1.99. The molecule has 0 spiro atoms. The number of hydrogen-bond donors (Lipinski definition) is 0. The Morgan fingerprint density at radius 1 is 1.22 bits per heavy atom. The first-order chi connectivity index (χ1) is 4.06. The Labute approximate surface area is 82.5 Å². The summed E-state index contributed by atoms with van der Waals surface area (Å²) in [5.74, 6) is 0. The van der Waals surface area contributed by atoms with Gasteiger partial charge in [0.05, 0.1) is 0 Å². The third-order valence-corrected chi connectivity index (χ3v) is 2.18. The highest BCUT2D eigenvalue weighted by Gasteiger charge is 2.16. The van der Waals surface area contributed by atoms with E-state index in [2.05, 4.69) is 31.9 Å². The van der Waals surface area contributed by atoms with Crippen LogP contribution in [0.3, 0.4) is 0 Å². The fourth-order valence-electron chi connectivity index (χ4n) is 0.420. The normalized spacial score (nSPS) is 12.0. The molecule has 0 aromatic rings. The molecule has 0 nitrogen and oxygen atoms in total. The van der Waals surface area contributed by atoms with Gasteiger partial charge < -0.3 is 0 Å². The zero-order valence-electron chi connectivity index (χ0n) is 4.84. The van der Waals surface area contributed by atoms with Crippen LogP contribution in [0.4, 0.5) is 0 Å². The molecule has 0 aromatic carbocycles. The minimum absolute atomic E-state index is 0.713.